The molecule has 0 fully saturated rings. The molecular formula is C25H33N3O4S. The lowest BCUT2D eigenvalue weighted by molar-refractivity contribution is -0.124. The van der Waals surface area contributed by atoms with Gasteiger partial charge >= 0.3 is 0 Å². The first-order chi connectivity index (χ1) is 15.3. The average Bonchev–Trinajstić information content (AvgIpc) is 2.68. The Morgan fingerprint density at radius 1 is 0.879 bits per heavy atom. The number of aryl methyl sites for hydroxylation is 3. The predicted molar refractivity (Wildman–Crippen MR) is 134 cm³/mol. The minimum absolute atomic E-state index is 0.201. The molecular weight excluding hydrogens is 438 g/mol. The topological polar surface area (TPSA) is 95.6 Å². The first kappa shape index (κ1) is 26.3. The van der Waals surface area contributed by atoms with Crippen LogP contribution in [0.4, 0.5) is 11.4 Å². The Morgan fingerprint density at radius 3 is 2.09 bits per heavy atom. The zero-order chi connectivity index (χ0) is 24.8. The van der Waals surface area contributed by atoms with Crippen molar-refractivity contribution in [2.45, 2.75) is 47.1 Å². The van der Waals surface area contributed by atoms with Gasteiger partial charge in [0.1, 0.15) is 18.1 Å². The van der Waals surface area contributed by atoms with Crippen molar-refractivity contribution < 1.29 is 18.6 Å². The number of amides is 3. The molecule has 33 heavy (non-hydrogen) atoms. The number of benzene rings is 2. The first-order valence-corrected chi connectivity index (χ1v) is 12.2. The third-order valence-electron chi connectivity index (χ3n) is 4.68. The average molecular weight is 472 g/mol. The largest absolute Gasteiger partial charge is 0.350 e. The first-order valence-electron chi connectivity index (χ1n) is 10.7. The Balaban J connectivity index is 2.12. The summed E-state index contributed by atoms with van der Waals surface area (Å²) in [6.07, 6.45) is 0. The van der Waals surface area contributed by atoms with E-state index in [0.29, 0.717) is 11.4 Å². The summed E-state index contributed by atoms with van der Waals surface area (Å²) in [5.74, 6) is -1.91. The normalized spacial score (nSPS) is 12.1. The highest BCUT2D eigenvalue weighted by molar-refractivity contribution is 7.86. The molecule has 0 unspecified atom stereocenters. The molecule has 0 radical (unpaired) electrons. The van der Waals surface area contributed by atoms with Crippen LogP contribution >= 0.6 is 0 Å². The predicted octanol–water partition coefficient (Wildman–Crippen LogP) is 3.25. The zero-order valence-electron chi connectivity index (χ0n) is 20.2. The molecule has 7 nitrogen and oxygen atoms in total. The number of hydrogen-bond donors (Lipinski definition) is 2. The molecule has 0 heterocycles. The van der Waals surface area contributed by atoms with Crippen LogP contribution in [0.2, 0.25) is 0 Å². The number of hydrogen-bond acceptors (Lipinski definition) is 4. The van der Waals surface area contributed by atoms with Crippen molar-refractivity contribution in [3.63, 3.8) is 0 Å². The lowest BCUT2D eigenvalue weighted by atomic mass is 10.1. The number of carbonyl (C=O) groups is 3. The van der Waals surface area contributed by atoms with Crippen LogP contribution < -0.4 is 15.5 Å². The second kappa shape index (κ2) is 11.2. The second-order valence-corrected chi connectivity index (χ2v) is 10.7. The van der Waals surface area contributed by atoms with Crippen molar-refractivity contribution in [2.24, 2.45) is 0 Å². The highest BCUT2D eigenvalue weighted by Gasteiger charge is 2.25. The van der Waals surface area contributed by atoms with Gasteiger partial charge in [0.05, 0.1) is 0 Å². The molecule has 1 atom stereocenters. The van der Waals surface area contributed by atoms with Gasteiger partial charge < -0.3 is 15.5 Å². The molecule has 0 saturated carbocycles. The summed E-state index contributed by atoms with van der Waals surface area (Å²) in [6.45, 7) is 11.1. The fraction of sp³-hybridized carbons (Fsp3) is 0.400. The standard InChI is InChI=1S/C25H33N3O4S/c1-17-8-11-20(12-9-17)26-23(30)15-33(32)16-24(31)28(14-22(29)27-25(4,5)6)21-13-18(2)7-10-19(21)3/h7-13H,14-16H2,1-6H3,(H,26,30)(H,27,29)/t33-/m0/s1. The molecule has 2 aromatic carbocycles. The molecule has 0 aromatic heterocycles. The van der Waals surface area contributed by atoms with Crippen LogP contribution in [0.1, 0.15) is 37.5 Å². The molecule has 8 heteroatoms. The van der Waals surface area contributed by atoms with E-state index >= 15 is 0 Å². The van der Waals surface area contributed by atoms with E-state index in [1.165, 1.54) is 4.90 Å². The maximum atomic E-state index is 13.1. The van der Waals surface area contributed by atoms with E-state index in [-0.39, 0.29) is 24.0 Å². The summed E-state index contributed by atoms with van der Waals surface area (Å²) in [5, 5.41) is 5.54. The van der Waals surface area contributed by atoms with E-state index in [2.05, 4.69) is 10.6 Å². The van der Waals surface area contributed by atoms with Gasteiger partial charge in [-0.15, -0.1) is 0 Å². The van der Waals surface area contributed by atoms with Crippen molar-refractivity contribution in [2.75, 3.05) is 28.3 Å². The van der Waals surface area contributed by atoms with E-state index < -0.39 is 28.2 Å². The summed E-state index contributed by atoms with van der Waals surface area (Å²) >= 11 is 0. The molecule has 2 rings (SSSR count). The van der Waals surface area contributed by atoms with E-state index in [1.54, 1.807) is 12.1 Å². The van der Waals surface area contributed by atoms with Crippen LogP contribution in [-0.2, 0) is 25.2 Å². The molecule has 2 aromatic rings. The molecule has 0 bridgehead atoms. The molecule has 3 amide bonds. The summed E-state index contributed by atoms with van der Waals surface area (Å²) in [7, 11) is -1.73. The van der Waals surface area contributed by atoms with Crippen molar-refractivity contribution in [1.29, 1.82) is 0 Å². The fourth-order valence-corrected chi connectivity index (χ4v) is 4.06. The van der Waals surface area contributed by atoms with Crippen molar-refractivity contribution in [1.82, 2.24) is 5.32 Å². The molecule has 0 aliphatic heterocycles. The second-order valence-electron chi connectivity index (χ2n) is 9.21. The molecule has 2 N–H and O–H groups in total. The van der Waals surface area contributed by atoms with Crippen molar-refractivity contribution in [3.05, 3.63) is 59.2 Å². The Labute approximate surface area is 198 Å². The van der Waals surface area contributed by atoms with Crippen LogP contribution in [0.15, 0.2) is 42.5 Å². The summed E-state index contributed by atoms with van der Waals surface area (Å²) in [5.41, 5.74) is 3.55. The molecule has 0 aliphatic rings. The SMILES string of the molecule is Cc1ccc(NC(=O)C[S@](=O)CC(=O)N(CC(=O)NC(C)(C)C)c2cc(C)ccc2C)cc1. The van der Waals surface area contributed by atoms with Crippen molar-refractivity contribution >= 4 is 39.9 Å². The van der Waals surface area contributed by atoms with Gasteiger partial charge in [0.25, 0.3) is 0 Å². The van der Waals surface area contributed by atoms with Crippen LogP contribution in [0.5, 0.6) is 0 Å². The number of anilines is 2. The van der Waals surface area contributed by atoms with Crippen LogP contribution in [-0.4, -0.2) is 45.5 Å². The minimum Gasteiger partial charge on any atom is -0.350 e. The van der Waals surface area contributed by atoms with Gasteiger partial charge in [0.2, 0.25) is 17.7 Å². The Kier molecular flexibility index (Phi) is 8.93. The molecule has 0 spiro atoms. The third-order valence-corrected chi connectivity index (χ3v) is 5.84. The van der Waals surface area contributed by atoms with Crippen molar-refractivity contribution in [3.8, 4) is 0 Å². The van der Waals surface area contributed by atoms with Gasteiger partial charge in [-0.3, -0.25) is 18.6 Å². The number of rotatable bonds is 8. The van der Waals surface area contributed by atoms with Gasteiger partial charge in [0, 0.05) is 27.7 Å². The maximum Gasteiger partial charge on any atom is 0.240 e. The van der Waals surface area contributed by atoms with Gasteiger partial charge in [0.15, 0.2) is 0 Å². The summed E-state index contributed by atoms with van der Waals surface area (Å²) in [4.78, 5) is 39.3. The maximum absolute atomic E-state index is 13.1. The highest BCUT2D eigenvalue weighted by Crippen LogP contribution is 2.22. The molecule has 0 aliphatic carbocycles. The minimum atomic E-state index is -1.73. The van der Waals surface area contributed by atoms with Crippen LogP contribution in [0.25, 0.3) is 0 Å². The molecule has 178 valence electrons. The lowest BCUT2D eigenvalue weighted by Gasteiger charge is -2.27. The smallest absolute Gasteiger partial charge is 0.240 e. The number of nitrogens with one attached hydrogen (secondary N) is 2. The number of nitrogens with zero attached hydrogens (tertiary/aromatic N) is 1. The van der Waals surface area contributed by atoms with E-state index in [1.807, 2.05) is 71.9 Å². The summed E-state index contributed by atoms with van der Waals surface area (Å²) < 4.78 is 12.6. The monoisotopic (exact) mass is 471 g/mol. The van der Waals surface area contributed by atoms with Gasteiger partial charge in [-0.1, -0.05) is 29.8 Å². The van der Waals surface area contributed by atoms with Gasteiger partial charge in [-0.2, -0.15) is 0 Å². The van der Waals surface area contributed by atoms with Gasteiger partial charge in [-0.05, 0) is 70.9 Å². The van der Waals surface area contributed by atoms with E-state index in [9.17, 15) is 18.6 Å². The lowest BCUT2D eigenvalue weighted by Crippen LogP contribution is -2.48. The third kappa shape index (κ3) is 8.81. The van der Waals surface area contributed by atoms with Crippen LogP contribution in [0.3, 0.4) is 0 Å². The quantitative estimate of drug-likeness (QED) is 0.618. The van der Waals surface area contributed by atoms with E-state index in [0.717, 1.165) is 16.7 Å². The Hall–Kier alpha value is -3.00. The van der Waals surface area contributed by atoms with Gasteiger partial charge in [-0.25, -0.2) is 0 Å². The van der Waals surface area contributed by atoms with Crippen LogP contribution in [0, 0.1) is 20.8 Å². The molecule has 0 saturated heterocycles. The van der Waals surface area contributed by atoms with E-state index in [4.69, 9.17) is 0 Å². The highest BCUT2D eigenvalue weighted by atomic mass is 32.2. The summed E-state index contributed by atoms with van der Waals surface area (Å²) in [6, 6.07) is 12.9. The number of carbonyl (C=O) groups excluding carboxylic acids is 3. The Morgan fingerprint density at radius 2 is 1.48 bits per heavy atom. The Bertz CT molecular complexity index is 1040. The zero-order valence-corrected chi connectivity index (χ0v) is 21.0. The fourth-order valence-electron chi connectivity index (χ4n) is 3.17.